The number of ether oxygens (including phenoxy) is 1. The standard InChI is InChI=1S/C19H18FNO2/c1-23-17-11-8-15(9-12-17)10-13-19(22)21-14-4-6-16-5-2-3-7-18(16)20/h2-3,5,7-9,11-12H,10,13-14H2,1H3,(H,21,22). The Morgan fingerprint density at radius 2 is 1.91 bits per heavy atom. The van der Waals surface area contributed by atoms with Gasteiger partial charge in [-0.3, -0.25) is 4.79 Å². The summed E-state index contributed by atoms with van der Waals surface area (Å²) in [6.07, 6.45) is 1.03. The van der Waals surface area contributed by atoms with Crippen LogP contribution in [0.2, 0.25) is 0 Å². The van der Waals surface area contributed by atoms with Crippen molar-refractivity contribution in [3.8, 4) is 17.6 Å². The van der Waals surface area contributed by atoms with E-state index in [-0.39, 0.29) is 18.3 Å². The maximum absolute atomic E-state index is 13.3. The Morgan fingerprint density at radius 1 is 1.17 bits per heavy atom. The lowest BCUT2D eigenvalue weighted by molar-refractivity contribution is -0.120. The van der Waals surface area contributed by atoms with Crippen LogP contribution < -0.4 is 10.1 Å². The van der Waals surface area contributed by atoms with Gasteiger partial charge in [-0.25, -0.2) is 4.39 Å². The fourth-order valence-electron chi connectivity index (χ4n) is 1.98. The largest absolute Gasteiger partial charge is 0.497 e. The topological polar surface area (TPSA) is 38.3 Å². The smallest absolute Gasteiger partial charge is 0.221 e. The molecule has 1 N–H and O–H groups in total. The molecule has 2 rings (SSSR count). The number of methoxy groups -OCH3 is 1. The molecule has 0 fully saturated rings. The molecule has 0 saturated heterocycles. The third-order valence-electron chi connectivity index (χ3n) is 3.27. The Balaban J connectivity index is 1.74. The first kappa shape index (κ1) is 16.6. The summed E-state index contributed by atoms with van der Waals surface area (Å²) < 4.78 is 18.4. The molecule has 4 heteroatoms. The van der Waals surface area contributed by atoms with Crippen LogP contribution >= 0.6 is 0 Å². The van der Waals surface area contributed by atoms with E-state index in [9.17, 15) is 9.18 Å². The van der Waals surface area contributed by atoms with Crippen molar-refractivity contribution in [2.75, 3.05) is 13.7 Å². The minimum atomic E-state index is -0.356. The van der Waals surface area contributed by atoms with Gasteiger partial charge < -0.3 is 10.1 Å². The first-order valence-electron chi connectivity index (χ1n) is 7.32. The van der Waals surface area contributed by atoms with E-state index in [1.807, 2.05) is 24.3 Å². The summed E-state index contributed by atoms with van der Waals surface area (Å²) in [4.78, 5) is 11.7. The molecule has 0 saturated carbocycles. The number of hydrogen-bond donors (Lipinski definition) is 1. The summed E-state index contributed by atoms with van der Waals surface area (Å²) in [7, 11) is 1.62. The van der Waals surface area contributed by atoms with Gasteiger partial charge in [0.2, 0.25) is 5.91 Å². The molecule has 0 aliphatic carbocycles. The Kier molecular flexibility index (Phi) is 6.19. The normalized spacial score (nSPS) is 9.65. The average molecular weight is 311 g/mol. The highest BCUT2D eigenvalue weighted by molar-refractivity contribution is 5.76. The molecule has 0 heterocycles. The molecule has 1 amide bonds. The fourth-order valence-corrected chi connectivity index (χ4v) is 1.98. The molecule has 0 spiro atoms. The van der Waals surface area contributed by atoms with Gasteiger partial charge in [-0.05, 0) is 36.2 Å². The van der Waals surface area contributed by atoms with Crippen LogP contribution in [0.15, 0.2) is 48.5 Å². The summed E-state index contributed by atoms with van der Waals surface area (Å²) in [6.45, 7) is 0.204. The zero-order valence-corrected chi connectivity index (χ0v) is 12.9. The van der Waals surface area contributed by atoms with E-state index in [2.05, 4.69) is 17.2 Å². The van der Waals surface area contributed by atoms with Gasteiger partial charge in [0, 0.05) is 6.42 Å². The van der Waals surface area contributed by atoms with E-state index in [1.165, 1.54) is 6.07 Å². The Bertz CT molecular complexity index is 714. The quantitative estimate of drug-likeness (QED) is 0.862. The number of rotatable bonds is 5. The number of carbonyl (C=O) groups excluding carboxylic acids is 1. The van der Waals surface area contributed by atoms with Gasteiger partial charge >= 0.3 is 0 Å². The van der Waals surface area contributed by atoms with Crippen molar-refractivity contribution in [3.05, 3.63) is 65.5 Å². The summed E-state index contributed by atoms with van der Waals surface area (Å²) in [5.74, 6) is 5.81. The third-order valence-corrected chi connectivity index (χ3v) is 3.27. The monoisotopic (exact) mass is 311 g/mol. The van der Waals surface area contributed by atoms with Crippen LogP contribution in [0.4, 0.5) is 4.39 Å². The van der Waals surface area contributed by atoms with E-state index >= 15 is 0 Å². The molecule has 2 aromatic carbocycles. The van der Waals surface area contributed by atoms with Crippen LogP contribution in [0.1, 0.15) is 17.5 Å². The van der Waals surface area contributed by atoms with Crippen molar-refractivity contribution in [1.29, 1.82) is 0 Å². The summed E-state index contributed by atoms with van der Waals surface area (Å²) in [5.41, 5.74) is 1.40. The molecular weight excluding hydrogens is 293 g/mol. The highest BCUT2D eigenvalue weighted by Gasteiger charge is 2.01. The number of halogens is 1. The summed E-state index contributed by atoms with van der Waals surface area (Å²) >= 11 is 0. The zero-order valence-electron chi connectivity index (χ0n) is 12.9. The fraction of sp³-hybridized carbons (Fsp3) is 0.211. The molecule has 0 aliphatic rings. The number of aryl methyl sites for hydroxylation is 1. The molecule has 0 atom stereocenters. The van der Waals surface area contributed by atoms with Crippen LogP contribution in [0.25, 0.3) is 0 Å². The van der Waals surface area contributed by atoms with E-state index in [4.69, 9.17) is 4.74 Å². The lowest BCUT2D eigenvalue weighted by atomic mass is 10.1. The highest BCUT2D eigenvalue weighted by atomic mass is 19.1. The second-order valence-corrected chi connectivity index (χ2v) is 4.91. The first-order valence-corrected chi connectivity index (χ1v) is 7.32. The Hall–Kier alpha value is -2.80. The highest BCUT2D eigenvalue weighted by Crippen LogP contribution is 2.12. The second-order valence-electron chi connectivity index (χ2n) is 4.91. The number of hydrogen-bond acceptors (Lipinski definition) is 2. The lowest BCUT2D eigenvalue weighted by Gasteiger charge is -2.03. The molecule has 0 bridgehead atoms. The molecule has 0 aromatic heterocycles. The average Bonchev–Trinajstić information content (AvgIpc) is 2.59. The minimum absolute atomic E-state index is 0.0800. The van der Waals surface area contributed by atoms with Crippen molar-refractivity contribution in [3.63, 3.8) is 0 Å². The number of nitrogens with one attached hydrogen (secondary N) is 1. The lowest BCUT2D eigenvalue weighted by Crippen LogP contribution is -2.23. The van der Waals surface area contributed by atoms with Crippen molar-refractivity contribution in [1.82, 2.24) is 5.32 Å². The van der Waals surface area contributed by atoms with E-state index in [1.54, 1.807) is 25.3 Å². The zero-order chi connectivity index (χ0) is 16.5. The van der Waals surface area contributed by atoms with Crippen LogP contribution in [0.3, 0.4) is 0 Å². The summed E-state index contributed by atoms with van der Waals surface area (Å²) in [6, 6.07) is 13.9. The maximum atomic E-state index is 13.3. The van der Waals surface area contributed by atoms with Crippen LogP contribution in [0, 0.1) is 17.7 Å². The third kappa shape index (κ3) is 5.48. The number of amides is 1. The van der Waals surface area contributed by atoms with E-state index in [0.717, 1.165) is 11.3 Å². The van der Waals surface area contributed by atoms with Gasteiger partial charge in [-0.2, -0.15) is 0 Å². The van der Waals surface area contributed by atoms with Gasteiger partial charge in [-0.15, -0.1) is 0 Å². The molecule has 23 heavy (non-hydrogen) atoms. The SMILES string of the molecule is COc1ccc(CCC(=O)NCC#Cc2ccccc2F)cc1. The van der Waals surface area contributed by atoms with Gasteiger partial charge in [0.05, 0.1) is 19.2 Å². The van der Waals surface area contributed by atoms with Crippen molar-refractivity contribution in [2.24, 2.45) is 0 Å². The molecular formula is C19H18FNO2. The van der Waals surface area contributed by atoms with Gasteiger partial charge in [0.25, 0.3) is 0 Å². The second kappa shape index (κ2) is 8.60. The number of benzene rings is 2. The molecule has 118 valence electrons. The molecule has 2 aromatic rings. The summed E-state index contributed by atoms with van der Waals surface area (Å²) in [5, 5.41) is 2.71. The van der Waals surface area contributed by atoms with Crippen LogP contribution in [-0.2, 0) is 11.2 Å². The minimum Gasteiger partial charge on any atom is -0.497 e. The predicted octanol–water partition coefficient (Wildman–Crippen LogP) is 2.93. The molecule has 3 nitrogen and oxygen atoms in total. The van der Waals surface area contributed by atoms with Crippen molar-refractivity contribution in [2.45, 2.75) is 12.8 Å². The molecule has 0 aliphatic heterocycles. The van der Waals surface area contributed by atoms with Gasteiger partial charge in [0.1, 0.15) is 11.6 Å². The van der Waals surface area contributed by atoms with Crippen LogP contribution in [-0.4, -0.2) is 19.6 Å². The first-order chi connectivity index (χ1) is 11.2. The predicted molar refractivity (Wildman–Crippen MR) is 87.6 cm³/mol. The number of carbonyl (C=O) groups is 1. The Morgan fingerprint density at radius 3 is 2.61 bits per heavy atom. The maximum Gasteiger partial charge on any atom is 0.221 e. The van der Waals surface area contributed by atoms with Crippen LogP contribution in [0.5, 0.6) is 5.75 Å². The van der Waals surface area contributed by atoms with E-state index < -0.39 is 0 Å². The van der Waals surface area contributed by atoms with E-state index in [0.29, 0.717) is 18.4 Å². The molecule has 0 unspecified atom stereocenters. The van der Waals surface area contributed by atoms with Gasteiger partial charge in [0.15, 0.2) is 0 Å². The Labute approximate surface area is 135 Å². The van der Waals surface area contributed by atoms with Gasteiger partial charge in [-0.1, -0.05) is 36.1 Å². The van der Waals surface area contributed by atoms with Crippen molar-refractivity contribution < 1.29 is 13.9 Å². The molecule has 0 radical (unpaired) electrons. The van der Waals surface area contributed by atoms with Crippen molar-refractivity contribution >= 4 is 5.91 Å².